The lowest BCUT2D eigenvalue weighted by Gasteiger charge is -2.12. The van der Waals surface area contributed by atoms with E-state index in [2.05, 4.69) is 10.6 Å². The molecule has 4 nitrogen and oxygen atoms in total. The van der Waals surface area contributed by atoms with Crippen LogP contribution in [0.25, 0.3) is 0 Å². The van der Waals surface area contributed by atoms with Gasteiger partial charge in [-0.2, -0.15) is 0 Å². The molecule has 1 saturated heterocycles. The maximum Gasteiger partial charge on any atom is 0.315 e. The van der Waals surface area contributed by atoms with Gasteiger partial charge in [0.1, 0.15) is 5.82 Å². The number of urea groups is 1. The molecule has 0 radical (unpaired) electrons. The topological polar surface area (TPSA) is 50.4 Å². The summed E-state index contributed by atoms with van der Waals surface area (Å²) in [6.07, 6.45) is 1.56. The number of hydrogen-bond acceptors (Lipinski definition) is 2. The number of aryl methyl sites for hydroxylation is 1. The maximum absolute atomic E-state index is 12.9. The van der Waals surface area contributed by atoms with Crippen LogP contribution in [0, 0.1) is 12.7 Å². The summed E-state index contributed by atoms with van der Waals surface area (Å²) in [7, 11) is 0. The summed E-state index contributed by atoms with van der Waals surface area (Å²) in [5, 5.41) is 5.65. The number of halogens is 1. The number of amides is 2. The second-order valence-corrected chi connectivity index (χ2v) is 4.78. The minimum absolute atomic E-state index is 0.118. The third kappa shape index (κ3) is 4.21. The zero-order chi connectivity index (χ0) is 13.7. The highest BCUT2D eigenvalue weighted by Crippen LogP contribution is 2.10. The van der Waals surface area contributed by atoms with E-state index < -0.39 is 0 Å². The highest BCUT2D eigenvalue weighted by Gasteiger charge is 2.17. The number of hydrogen-bond donors (Lipinski definition) is 2. The van der Waals surface area contributed by atoms with E-state index in [1.54, 1.807) is 6.07 Å². The predicted molar refractivity (Wildman–Crippen MR) is 70.6 cm³/mol. The molecular weight excluding hydrogens is 247 g/mol. The van der Waals surface area contributed by atoms with Gasteiger partial charge >= 0.3 is 6.03 Å². The first-order valence-corrected chi connectivity index (χ1v) is 6.52. The van der Waals surface area contributed by atoms with E-state index in [-0.39, 0.29) is 17.9 Å². The number of rotatable bonds is 4. The van der Waals surface area contributed by atoms with Crippen molar-refractivity contribution in [1.29, 1.82) is 0 Å². The van der Waals surface area contributed by atoms with Gasteiger partial charge in [0.05, 0.1) is 12.6 Å². The molecule has 0 bridgehead atoms. The first-order chi connectivity index (χ1) is 9.15. The van der Waals surface area contributed by atoms with Crippen LogP contribution in [0.2, 0.25) is 0 Å². The van der Waals surface area contributed by atoms with Crippen LogP contribution in [0.4, 0.5) is 9.18 Å². The molecule has 5 heteroatoms. The molecule has 0 saturated carbocycles. The Balaban J connectivity index is 1.72. The van der Waals surface area contributed by atoms with E-state index >= 15 is 0 Å². The Morgan fingerprint density at radius 3 is 3.05 bits per heavy atom. The third-order valence-corrected chi connectivity index (χ3v) is 3.25. The monoisotopic (exact) mass is 266 g/mol. The largest absolute Gasteiger partial charge is 0.379 e. The van der Waals surface area contributed by atoms with Crippen molar-refractivity contribution in [3.63, 3.8) is 0 Å². The van der Waals surface area contributed by atoms with E-state index in [0.717, 1.165) is 17.5 Å². The van der Waals surface area contributed by atoms with E-state index in [0.29, 0.717) is 26.2 Å². The Hall–Kier alpha value is -1.62. The highest BCUT2D eigenvalue weighted by molar-refractivity contribution is 5.74. The van der Waals surface area contributed by atoms with Gasteiger partial charge in [0.15, 0.2) is 0 Å². The van der Waals surface area contributed by atoms with Crippen LogP contribution in [0.5, 0.6) is 0 Å². The summed E-state index contributed by atoms with van der Waals surface area (Å²) >= 11 is 0. The smallest absolute Gasteiger partial charge is 0.315 e. The number of carbonyl (C=O) groups excluding carboxylic acids is 1. The van der Waals surface area contributed by atoms with Gasteiger partial charge in [-0.1, -0.05) is 6.07 Å². The molecule has 1 fully saturated rings. The molecule has 1 aromatic carbocycles. The molecule has 0 aromatic heterocycles. The summed E-state index contributed by atoms with van der Waals surface area (Å²) in [5.41, 5.74) is 1.96. The molecule has 2 amide bonds. The minimum atomic E-state index is -0.229. The van der Waals surface area contributed by atoms with Crippen molar-refractivity contribution in [1.82, 2.24) is 10.6 Å². The van der Waals surface area contributed by atoms with Crippen LogP contribution in [-0.4, -0.2) is 31.8 Å². The van der Waals surface area contributed by atoms with Crippen LogP contribution in [-0.2, 0) is 11.2 Å². The molecule has 1 aliphatic rings. The fraction of sp³-hybridized carbons (Fsp3) is 0.500. The Labute approximate surface area is 112 Å². The number of ether oxygens (including phenoxy) is 1. The summed E-state index contributed by atoms with van der Waals surface area (Å²) in [6, 6.07) is 4.65. The fourth-order valence-electron chi connectivity index (χ4n) is 2.14. The second kappa shape index (κ2) is 6.52. The molecule has 1 atom stereocenters. The van der Waals surface area contributed by atoms with Gasteiger partial charge in [0.2, 0.25) is 0 Å². The van der Waals surface area contributed by atoms with E-state index in [1.807, 2.05) is 6.92 Å². The molecule has 0 spiro atoms. The lowest BCUT2D eigenvalue weighted by Crippen LogP contribution is -2.43. The second-order valence-electron chi connectivity index (χ2n) is 4.78. The first kappa shape index (κ1) is 13.8. The summed E-state index contributed by atoms with van der Waals surface area (Å²) in [5.74, 6) is -0.229. The van der Waals surface area contributed by atoms with Gasteiger partial charge in [-0.05, 0) is 43.0 Å². The Morgan fingerprint density at radius 2 is 2.37 bits per heavy atom. The minimum Gasteiger partial charge on any atom is -0.379 e. The van der Waals surface area contributed by atoms with Crippen molar-refractivity contribution in [3.8, 4) is 0 Å². The first-order valence-electron chi connectivity index (χ1n) is 6.52. The third-order valence-electron chi connectivity index (χ3n) is 3.25. The van der Waals surface area contributed by atoms with Crippen LogP contribution < -0.4 is 10.6 Å². The molecule has 2 N–H and O–H groups in total. The summed E-state index contributed by atoms with van der Waals surface area (Å²) in [6.45, 7) is 3.70. The normalized spacial score (nSPS) is 18.3. The fourth-order valence-corrected chi connectivity index (χ4v) is 2.14. The molecule has 2 rings (SSSR count). The average Bonchev–Trinajstić information content (AvgIpc) is 2.84. The Bertz CT molecular complexity index is 445. The quantitative estimate of drug-likeness (QED) is 0.872. The van der Waals surface area contributed by atoms with Gasteiger partial charge in [-0.15, -0.1) is 0 Å². The van der Waals surface area contributed by atoms with Gasteiger partial charge in [0, 0.05) is 13.2 Å². The lowest BCUT2D eigenvalue weighted by atomic mass is 10.1. The van der Waals surface area contributed by atoms with Crippen LogP contribution in [0.3, 0.4) is 0 Å². The molecular formula is C14H19FN2O2. The maximum atomic E-state index is 12.9. The van der Waals surface area contributed by atoms with E-state index in [1.165, 1.54) is 12.1 Å². The van der Waals surface area contributed by atoms with Crippen LogP contribution in [0.15, 0.2) is 18.2 Å². The van der Waals surface area contributed by atoms with E-state index in [9.17, 15) is 9.18 Å². The van der Waals surface area contributed by atoms with Crippen LogP contribution >= 0.6 is 0 Å². The number of benzene rings is 1. The van der Waals surface area contributed by atoms with Crippen molar-refractivity contribution in [2.24, 2.45) is 0 Å². The SMILES string of the molecule is Cc1cc(F)ccc1CCNC(=O)NC1CCOC1. The summed E-state index contributed by atoms with van der Waals surface area (Å²) in [4.78, 5) is 11.6. The number of carbonyl (C=O) groups is 1. The highest BCUT2D eigenvalue weighted by atomic mass is 19.1. The molecule has 1 unspecified atom stereocenters. The summed E-state index contributed by atoms with van der Waals surface area (Å²) < 4.78 is 18.1. The predicted octanol–water partition coefficient (Wildman–Crippen LogP) is 1.76. The zero-order valence-corrected chi connectivity index (χ0v) is 11.0. The van der Waals surface area contributed by atoms with Gasteiger partial charge < -0.3 is 15.4 Å². The standard InChI is InChI=1S/C14H19FN2O2/c1-10-8-12(15)3-2-11(10)4-6-16-14(18)17-13-5-7-19-9-13/h2-3,8,13H,4-7,9H2,1H3,(H2,16,17,18). The molecule has 1 aromatic rings. The lowest BCUT2D eigenvalue weighted by molar-refractivity contribution is 0.188. The van der Waals surface area contributed by atoms with Gasteiger partial charge in [0.25, 0.3) is 0 Å². The molecule has 1 heterocycles. The van der Waals surface area contributed by atoms with Crippen molar-refractivity contribution in [2.75, 3.05) is 19.8 Å². The van der Waals surface area contributed by atoms with Crippen LogP contribution in [0.1, 0.15) is 17.5 Å². The molecule has 104 valence electrons. The van der Waals surface area contributed by atoms with Gasteiger partial charge in [-0.25, -0.2) is 9.18 Å². The van der Waals surface area contributed by atoms with Crippen molar-refractivity contribution in [2.45, 2.75) is 25.8 Å². The Morgan fingerprint density at radius 1 is 1.53 bits per heavy atom. The van der Waals surface area contributed by atoms with Crippen molar-refractivity contribution >= 4 is 6.03 Å². The number of nitrogens with one attached hydrogen (secondary N) is 2. The molecule has 0 aliphatic carbocycles. The average molecular weight is 266 g/mol. The molecule has 1 aliphatic heterocycles. The van der Waals surface area contributed by atoms with Gasteiger partial charge in [-0.3, -0.25) is 0 Å². The Kier molecular flexibility index (Phi) is 4.74. The zero-order valence-electron chi connectivity index (χ0n) is 11.0. The van der Waals surface area contributed by atoms with E-state index in [4.69, 9.17) is 4.74 Å². The molecule has 19 heavy (non-hydrogen) atoms. The van der Waals surface area contributed by atoms with Crippen molar-refractivity contribution in [3.05, 3.63) is 35.1 Å². The van der Waals surface area contributed by atoms with Crippen molar-refractivity contribution < 1.29 is 13.9 Å².